The van der Waals surface area contributed by atoms with Crippen LogP contribution in [-0.2, 0) is 0 Å². The van der Waals surface area contributed by atoms with E-state index in [0.29, 0.717) is 0 Å². The van der Waals surface area contributed by atoms with E-state index in [1.54, 1.807) is 0 Å². The lowest BCUT2D eigenvalue weighted by molar-refractivity contribution is 1.28. The molecule has 0 N–H and O–H groups in total. The summed E-state index contributed by atoms with van der Waals surface area (Å²) in [5.41, 5.74) is 12.7. The Morgan fingerprint density at radius 2 is 0.727 bits per heavy atom. The molecule has 0 unspecified atom stereocenters. The van der Waals surface area contributed by atoms with Crippen molar-refractivity contribution in [2.24, 2.45) is 0 Å². The molecule has 0 heterocycles. The quantitative estimate of drug-likeness (QED) is 0.109. The third kappa shape index (κ3) is 7.02. The van der Waals surface area contributed by atoms with Gasteiger partial charge in [-0.15, -0.1) is 0 Å². The molecule has 9 rings (SSSR count). The van der Waals surface area contributed by atoms with Gasteiger partial charge in [-0.05, 0) is 112 Å². The van der Waals surface area contributed by atoms with Gasteiger partial charge in [0.25, 0.3) is 0 Å². The van der Waals surface area contributed by atoms with Crippen molar-refractivity contribution in [3.05, 3.63) is 229 Å². The molecule has 0 fully saturated rings. The molecule has 0 spiro atoms. The van der Waals surface area contributed by atoms with E-state index in [9.17, 15) is 0 Å². The highest BCUT2D eigenvalue weighted by Crippen LogP contribution is 2.42. The Labute approximate surface area is 323 Å². The summed E-state index contributed by atoms with van der Waals surface area (Å²) in [6, 6.07) is 76.1. The molecule has 0 aliphatic carbocycles. The van der Waals surface area contributed by atoms with Gasteiger partial charge in [0, 0.05) is 33.8 Å². The topological polar surface area (TPSA) is 6.48 Å². The average molecular weight is 705 g/mol. The number of rotatable bonds is 9. The second-order valence-corrected chi connectivity index (χ2v) is 13.9. The zero-order chi connectivity index (χ0) is 37.0. The summed E-state index contributed by atoms with van der Waals surface area (Å²) in [5, 5.41) is 4.99. The number of nitrogens with zero attached hydrogens (tertiary/aromatic N) is 2. The average Bonchev–Trinajstić information content (AvgIpc) is 3.25. The van der Waals surface area contributed by atoms with E-state index in [-0.39, 0.29) is 0 Å². The maximum Gasteiger partial charge on any atom is 0.0546 e. The normalized spacial score (nSPS) is 11.3. The van der Waals surface area contributed by atoms with Gasteiger partial charge in [-0.25, -0.2) is 0 Å². The lowest BCUT2D eigenvalue weighted by Crippen LogP contribution is -2.10. The van der Waals surface area contributed by atoms with E-state index in [4.69, 9.17) is 0 Å². The van der Waals surface area contributed by atoms with E-state index in [2.05, 4.69) is 241 Å². The molecule has 0 saturated carbocycles. The van der Waals surface area contributed by atoms with Gasteiger partial charge in [-0.1, -0.05) is 163 Å². The number of aryl methyl sites for hydroxylation is 1. The first-order valence-electron chi connectivity index (χ1n) is 18.8. The summed E-state index contributed by atoms with van der Waals surface area (Å²) in [7, 11) is 0. The Morgan fingerprint density at radius 3 is 1.31 bits per heavy atom. The minimum Gasteiger partial charge on any atom is -0.311 e. The number of hydrogen-bond donors (Lipinski definition) is 0. The molecule has 2 heteroatoms. The monoisotopic (exact) mass is 704 g/mol. The van der Waals surface area contributed by atoms with Crippen LogP contribution < -0.4 is 9.80 Å². The minimum absolute atomic E-state index is 1.12. The Hall–Kier alpha value is -7.16. The molecule has 2 nitrogen and oxygen atoms in total. The molecule has 0 aliphatic rings. The van der Waals surface area contributed by atoms with Gasteiger partial charge in [-0.2, -0.15) is 0 Å². The molecule has 262 valence electrons. The highest BCUT2D eigenvalue weighted by Gasteiger charge is 2.17. The molecule has 9 aromatic rings. The molecular formula is C53H40N2. The van der Waals surface area contributed by atoms with E-state index in [0.717, 1.165) is 39.6 Å². The van der Waals surface area contributed by atoms with Gasteiger partial charge < -0.3 is 9.80 Å². The van der Waals surface area contributed by atoms with E-state index in [1.165, 1.54) is 43.9 Å². The SMILES string of the molecule is Cc1ccc(N(c2ccc(-c3ccc(/C=C/c4ccc(N(c5ccccc5)c5ccccc5)cc4)cc3)cc2)c2cc3ccccc3c3ccccc23)cc1. The van der Waals surface area contributed by atoms with Crippen molar-refractivity contribution in [2.45, 2.75) is 6.92 Å². The Balaban J connectivity index is 0.967. The molecule has 0 bridgehead atoms. The maximum atomic E-state index is 2.39. The van der Waals surface area contributed by atoms with Crippen molar-refractivity contribution in [2.75, 3.05) is 9.80 Å². The lowest BCUT2D eigenvalue weighted by atomic mass is 9.98. The van der Waals surface area contributed by atoms with Crippen molar-refractivity contribution in [1.29, 1.82) is 0 Å². The zero-order valence-corrected chi connectivity index (χ0v) is 30.8. The van der Waals surface area contributed by atoms with Crippen LogP contribution in [0.2, 0.25) is 0 Å². The van der Waals surface area contributed by atoms with Crippen molar-refractivity contribution < 1.29 is 0 Å². The van der Waals surface area contributed by atoms with E-state index >= 15 is 0 Å². The predicted octanol–water partition coefficient (Wildman–Crippen LogP) is 15.1. The molecule has 55 heavy (non-hydrogen) atoms. The Kier molecular flexibility index (Phi) is 9.22. The van der Waals surface area contributed by atoms with Crippen LogP contribution in [0.4, 0.5) is 34.1 Å². The summed E-state index contributed by atoms with van der Waals surface area (Å²) >= 11 is 0. The van der Waals surface area contributed by atoms with Gasteiger partial charge in [0.1, 0.15) is 0 Å². The standard InChI is InChI=1S/C53H40N2/c1-39-20-32-48(33-21-39)55(53-38-44-12-8-9-17-50(44)51-18-10-11-19-52(51)53)49-36-30-43(31-37-49)42-28-24-40(25-29-42)22-23-41-26-34-47(35-27-41)54(45-13-4-2-5-14-45)46-15-6-3-7-16-46/h2-38H,1H3/b23-22+. The fourth-order valence-corrected chi connectivity index (χ4v) is 7.46. The van der Waals surface area contributed by atoms with E-state index < -0.39 is 0 Å². The van der Waals surface area contributed by atoms with Crippen LogP contribution in [0.5, 0.6) is 0 Å². The third-order valence-corrected chi connectivity index (χ3v) is 10.3. The zero-order valence-electron chi connectivity index (χ0n) is 30.8. The van der Waals surface area contributed by atoms with Crippen molar-refractivity contribution in [1.82, 2.24) is 0 Å². The van der Waals surface area contributed by atoms with Crippen molar-refractivity contribution in [3.63, 3.8) is 0 Å². The summed E-state index contributed by atoms with van der Waals surface area (Å²) in [6.45, 7) is 2.14. The second-order valence-electron chi connectivity index (χ2n) is 13.9. The predicted molar refractivity (Wildman–Crippen MR) is 236 cm³/mol. The molecule has 0 aliphatic heterocycles. The molecule has 0 radical (unpaired) electrons. The van der Waals surface area contributed by atoms with Gasteiger partial charge in [0.15, 0.2) is 0 Å². The summed E-state index contributed by atoms with van der Waals surface area (Å²) in [5.74, 6) is 0. The van der Waals surface area contributed by atoms with Crippen LogP contribution in [0.25, 0.3) is 44.8 Å². The lowest BCUT2D eigenvalue weighted by Gasteiger charge is -2.28. The van der Waals surface area contributed by atoms with Crippen LogP contribution in [0.1, 0.15) is 16.7 Å². The number of benzene rings is 9. The van der Waals surface area contributed by atoms with Crippen LogP contribution in [0.3, 0.4) is 0 Å². The molecule has 9 aromatic carbocycles. The van der Waals surface area contributed by atoms with Crippen LogP contribution in [0, 0.1) is 6.92 Å². The summed E-state index contributed by atoms with van der Waals surface area (Å²) < 4.78 is 0. The largest absolute Gasteiger partial charge is 0.311 e. The number of anilines is 6. The van der Waals surface area contributed by atoms with Crippen molar-refractivity contribution >= 4 is 67.8 Å². The van der Waals surface area contributed by atoms with Crippen LogP contribution in [-0.4, -0.2) is 0 Å². The van der Waals surface area contributed by atoms with Crippen molar-refractivity contribution in [3.8, 4) is 11.1 Å². The van der Waals surface area contributed by atoms with Gasteiger partial charge in [0.05, 0.1) is 5.69 Å². The first-order chi connectivity index (χ1) is 27.2. The fourth-order valence-electron chi connectivity index (χ4n) is 7.46. The minimum atomic E-state index is 1.12. The molecule has 0 aromatic heterocycles. The van der Waals surface area contributed by atoms with Gasteiger partial charge in [-0.3, -0.25) is 0 Å². The smallest absolute Gasteiger partial charge is 0.0546 e. The highest BCUT2D eigenvalue weighted by molar-refractivity contribution is 6.14. The molecule has 0 amide bonds. The number of fused-ring (bicyclic) bond motifs is 3. The summed E-state index contributed by atoms with van der Waals surface area (Å²) in [4.78, 5) is 4.67. The Morgan fingerprint density at radius 1 is 0.327 bits per heavy atom. The highest BCUT2D eigenvalue weighted by atomic mass is 15.1. The second kappa shape index (κ2) is 15.1. The van der Waals surface area contributed by atoms with E-state index in [1.807, 2.05) is 0 Å². The first kappa shape index (κ1) is 33.7. The molecule has 0 atom stereocenters. The fraction of sp³-hybridized carbons (Fsp3) is 0.0189. The van der Waals surface area contributed by atoms with Gasteiger partial charge in [0.2, 0.25) is 0 Å². The number of para-hydroxylation sites is 2. The third-order valence-electron chi connectivity index (χ3n) is 10.3. The van der Waals surface area contributed by atoms with Crippen LogP contribution in [0.15, 0.2) is 212 Å². The molecular weight excluding hydrogens is 665 g/mol. The van der Waals surface area contributed by atoms with Gasteiger partial charge >= 0.3 is 0 Å². The summed E-state index contributed by atoms with van der Waals surface area (Å²) in [6.07, 6.45) is 4.36. The van der Waals surface area contributed by atoms with Crippen LogP contribution >= 0.6 is 0 Å². The Bertz CT molecular complexity index is 2680. The first-order valence-corrected chi connectivity index (χ1v) is 18.8. The maximum absolute atomic E-state index is 2.39. The molecule has 0 saturated heterocycles. The number of hydrogen-bond acceptors (Lipinski definition) is 2.